The van der Waals surface area contributed by atoms with Gasteiger partial charge in [0.1, 0.15) is 0 Å². The summed E-state index contributed by atoms with van der Waals surface area (Å²) in [4.78, 5) is 44.7. The quantitative estimate of drug-likeness (QED) is 0.186. The van der Waals surface area contributed by atoms with Crippen LogP contribution in [0.5, 0.6) is 0 Å². The van der Waals surface area contributed by atoms with E-state index in [0.717, 1.165) is 13.9 Å². The number of rotatable bonds is 10. The second-order valence-corrected chi connectivity index (χ2v) is 11.8. The molecule has 39 heavy (non-hydrogen) atoms. The Morgan fingerprint density at radius 3 is 2.49 bits per heavy atom. The zero-order chi connectivity index (χ0) is 28.0. The number of nitrogens with zero attached hydrogens (tertiary/aromatic N) is 4. The normalized spacial score (nSPS) is 14.4. The van der Waals surface area contributed by atoms with Crippen LogP contribution >= 0.6 is 11.3 Å². The van der Waals surface area contributed by atoms with Crippen molar-refractivity contribution in [3.63, 3.8) is 0 Å². The van der Waals surface area contributed by atoms with E-state index < -0.39 is 21.8 Å². The molecule has 3 amide bonds. The van der Waals surface area contributed by atoms with Crippen LogP contribution in [-0.2, 0) is 19.6 Å². The molecule has 0 spiro atoms. The minimum absolute atomic E-state index is 0.0970. The number of nitrogens with one attached hydrogen (secondary N) is 2. The Hall–Kier alpha value is -3.88. The number of guanidine groups is 1. The third-order valence-corrected chi connectivity index (χ3v) is 9.03. The number of hydrogen-bond donors (Lipinski definition) is 3. The number of hydrogen-bond acceptors (Lipinski definition) is 8. The van der Waals surface area contributed by atoms with Crippen molar-refractivity contribution < 1.29 is 22.8 Å². The fraction of sp³-hybridized carbons (Fsp3) is 0.320. The number of carbonyl (C=O) groups is 3. The van der Waals surface area contributed by atoms with E-state index in [1.807, 2.05) is 24.3 Å². The molecule has 0 unspecified atom stereocenters. The molecule has 1 aliphatic rings. The summed E-state index contributed by atoms with van der Waals surface area (Å²) >= 11 is 1.24. The lowest BCUT2D eigenvalue weighted by molar-refractivity contribution is -0.138. The van der Waals surface area contributed by atoms with Crippen molar-refractivity contribution in [3.8, 4) is 0 Å². The van der Waals surface area contributed by atoms with E-state index in [4.69, 9.17) is 11.1 Å². The molecule has 2 aromatic carbocycles. The Balaban J connectivity index is 1.19. The molecule has 1 saturated heterocycles. The molecule has 12 nitrogen and oxygen atoms in total. The third kappa shape index (κ3) is 6.77. The number of unbranched alkanes of at least 4 members (excludes halogenated alkanes) is 1. The highest BCUT2D eigenvalue weighted by atomic mass is 32.2. The summed E-state index contributed by atoms with van der Waals surface area (Å²) in [5.74, 6) is -1.63. The first-order chi connectivity index (χ1) is 18.7. The minimum Gasteiger partial charge on any atom is -0.370 e. The van der Waals surface area contributed by atoms with Gasteiger partial charge < -0.3 is 16.0 Å². The van der Waals surface area contributed by atoms with Crippen LogP contribution in [0.15, 0.2) is 59.5 Å². The first-order valence-corrected chi connectivity index (χ1v) is 14.5. The maximum absolute atomic E-state index is 12.9. The van der Waals surface area contributed by atoms with Crippen molar-refractivity contribution in [2.24, 2.45) is 5.73 Å². The number of carbonyl (C=O) groups excluding carboxylic acids is 3. The number of piperazine rings is 1. The number of nitrogens with two attached hydrogens (primary N) is 1. The highest BCUT2D eigenvalue weighted by molar-refractivity contribution is 7.89. The molecule has 4 rings (SSSR count). The zero-order valence-electron chi connectivity index (χ0n) is 21.1. The Labute approximate surface area is 230 Å². The van der Waals surface area contributed by atoms with Gasteiger partial charge in [-0.05, 0) is 37.1 Å². The van der Waals surface area contributed by atoms with Gasteiger partial charge in [0.2, 0.25) is 21.8 Å². The molecule has 1 fully saturated rings. The van der Waals surface area contributed by atoms with Gasteiger partial charge in [-0.1, -0.05) is 30.3 Å². The SMILES string of the molecule is N=C(N)N(CCCCNC(=O)CN1CCN(S(=O)(=O)c2ccccc2)CC1=O)C(=O)c1nc2ccccc2s1. The number of benzene rings is 2. The topological polar surface area (TPSA) is 170 Å². The average Bonchev–Trinajstić information content (AvgIpc) is 3.36. The minimum atomic E-state index is -3.78. The van der Waals surface area contributed by atoms with E-state index in [0.29, 0.717) is 24.9 Å². The molecule has 1 aromatic heterocycles. The number of para-hydroxylation sites is 1. The highest BCUT2D eigenvalue weighted by Gasteiger charge is 2.33. The lowest BCUT2D eigenvalue weighted by atomic mass is 10.2. The van der Waals surface area contributed by atoms with Crippen molar-refractivity contribution in [2.45, 2.75) is 17.7 Å². The molecule has 0 bridgehead atoms. The lowest BCUT2D eigenvalue weighted by Crippen LogP contribution is -2.54. The first kappa shape index (κ1) is 28.1. The average molecular weight is 572 g/mol. The van der Waals surface area contributed by atoms with Crippen LogP contribution in [0.1, 0.15) is 22.6 Å². The van der Waals surface area contributed by atoms with Crippen LogP contribution in [0.3, 0.4) is 0 Å². The van der Waals surface area contributed by atoms with Gasteiger partial charge >= 0.3 is 0 Å². The monoisotopic (exact) mass is 571 g/mol. The number of sulfonamides is 1. The van der Waals surface area contributed by atoms with Crippen molar-refractivity contribution in [1.29, 1.82) is 5.41 Å². The van der Waals surface area contributed by atoms with E-state index in [1.165, 1.54) is 28.4 Å². The van der Waals surface area contributed by atoms with Crippen LogP contribution < -0.4 is 11.1 Å². The molecule has 14 heteroatoms. The van der Waals surface area contributed by atoms with Crippen LogP contribution in [0.25, 0.3) is 10.2 Å². The number of aromatic nitrogens is 1. The summed E-state index contributed by atoms with van der Waals surface area (Å²) in [5.41, 5.74) is 6.34. The largest absolute Gasteiger partial charge is 0.370 e. The summed E-state index contributed by atoms with van der Waals surface area (Å²) in [6.45, 7) is 0.203. The van der Waals surface area contributed by atoms with E-state index in [9.17, 15) is 22.8 Å². The Bertz CT molecular complexity index is 1440. The molecule has 0 radical (unpaired) electrons. The standard InChI is InChI=1S/C25H29N7O5S2/c26-25(27)32(24(35)23-29-19-10-4-5-11-20(19)38-23)13-7-6-12-28-21(33)16-30-14-15-31(17-22(30)34)39(36,37)18-8-2-1-3-9-18/h1-5,8-11H,6-7,12-17H2,(H3,26,27)(H,28,33). The Morgan fingerprint density at radius 2 is 1.79 bits per heavy atom. The first-order valence-electron chi connectivity index (χ1n) is 12.3. The van der Waals surface area contributed by atoms with Gasteiger partial charge in [-0.15, -0.1) is 11.3 Å². The van der Waals surface area contributed by atoms with Gasteiger partial charge in [0, 0.05) is 26.2 Å². The fourth-order valence-corrected chi connectivity index (χ4v) is 6.38. The van der Waals surface area contributed by atoms with Crippen LogP contribution in [0.2, 0.25) is 0 Å². The van der Waals surface area contributed by atoms with Gasteiger partial charge in [0.25, 0.3) is 5.91 Å². The fourth-order valence-electron chi connectivity index (χ4n) is 4.06. The van der Waals surface area contributed by atoms with Gasteiger partial charge in [-0.3, -0.25) is 24.7 Å². The van der Waals surface area contributed by atoms with Crippen molar-refractivity contribution >= 4 is 55.3 Å². The highest BCUT2D eigenvalue weighted by Crippen LogP contribution is 2.23. The van der Waals surface area contributed by atoms with Crippen LogP contribution in [0.4, 0.5) is 0 Å². The van der Waals surface area contributed by atoms with Crippen LogP contribution in [0, 0.1) is 5.41 Å². The molecular formula is C25H29N7O5S2. The molecule has 1 aliphatic heterocycles. The Kier molecular flexibility index (Phi) is 8.89. The smallest absolute Gasteiger partial charge is 0.289 e. The summed E-state index contributed by atoms with van der Waals surface area (Å²) in [6, 6.07) is 15.3. The Morgan fingerprint density at radius 1 is 1.08 bits per heavy atom. The second-order valence-electron chi connectivity index (χ2n) is 8.85. The molecule has 0 saturated carbocycles. The predicted octanol–water partition coefficient (Wildman–Crippen LogP) is 1.06. The lowest BCUT2D eigenvalue weighted by Gasteiger charge is -2.33. The van der Waals surface area contributed by atoms with Gasteiger partial charge in [-0.2, -0.15) is 4.31 Å². The predicted molar refractivity (Wildman–Crippen MR) is 147 cm³/mol. The summed E-state index contributed by atoms with van der Waals surface area (Å²) in [6.07, 6.45) is 0.991. The molecule has 0 aliphatic carbocycles. The second kappa shape index (κ2) is 12.3. The summed E-state index contributed by atoms with van der Waals surface area (Å²) in [7, 11) is -3.78. The number of amides is 3. The molecular weight excluding hydrogens is 542 g/mol. The molecule has 2 heterocycles. The maximum atomic E-state index is 12.9. The van der Waals surface area contributed by atoms with Gasteiger partial charge in [0.05, 0.1) is 28.2 Å². The third-order valence-electron chi connectivity index (χ3n) is 6.14. The van der Waals surface area contributed by atoms with Crippen molar-refractivity contribution in [2.75, 3.05) is 39.3 Å². The molecule has 4 N–H and O–H groups in total. The van der Waals surface area contributed by atoms with Crippen LogP contribution in [-0.4, -0.2) is 90.5 Å². The molecule has 0 atom stereocenters. The summed E-state index contributed by atoms with van der Waals surface area (Å²) in [5, 5.41) is 10.8. The number of thiazole rings is 1. The van der Waals surface area contributed by atoms with Crippen molar-refractivity contribution in [3.05, 3.63) is 59.6 Å². The van der Waals surface area contributed by atoms with Gasteiger partial charge in [0.15, 0.2) is 11.0 Å². The zero-order valence-corrected chi connectivity index (χ0v) is 22.7. The van der Waals surface area contributed by atoms with E-state index in [2.05, 4.69) is 10.3 Å². The van der Waals surface area contributed by atoms with E-state index in [1.54, 1.807) is 18.2 Å². The van der Waals surface area contributed by atoms with Gasteiger partial charge in [-0.25, -0.2) is 13.4 Å². The number of fused-ring (bicyclic) bond motifs is 1. The molecule has 206 valence electrons. The van der Waals surface area contributed by atoms with Crippen molar-refractivity contribution in [1.82, 2.24) is 24.4 Å². The van der Waals surface area contributed by atoms with E-state index in [-0.39, 0.29) is 54.5 Å². The maximum Gasteiger partial charge on any atom is 0.289 e. The summed E-state index contributed by atoms with van der Waals surface area (Å²) < 4.78 is 27.5. The van der Waals surface area contributed by atoms with E-state index >= 15 is 0 Å². The molecule has 3 aromatic rings.